The third-order valence-corrected chi connectivity index (χ3v) is 3.83. The second-order valence-electron chi connectivity index (χ2n) is 5.53. The highest BCUT2D eigenvalue weighted by Crippen LogP contribution is 2.40. The maximum atomic E-state index is 12.6. The van der Waals surface area contributed by atoms with Crippen LogP contribution in [-0.2, 0) is 19.1 Å². The molecule has 0 spiro atoms. The van der Waals surface area contributed by atoms with Crippen molar-refractivity contribution in [2.24, 2.45) is 10.9 Å². The summed E-state index contributed by atoms with van der Waals surface area (Å²) in [7, 11) is 0. The molecule has 2 rings (SSSR count). The van der Waals surface area contributed by atoms with Crippen molar-refractivity contribution in [3.63, 3.8) is 0 Å². The standard InChI is InChI=1S/C19H21NO5/c1-5-9-24-18(21)15-12(3)20-13(4)16(19(22)25-10-6-2)17(15)14-8-7-11-23-14/h5-8,11,15,17H,1-2,9-10H2,3-4H3/t15?,17-/m0/s1. The summed E-state index contributed by atoms with van der Waals surface area (Å²) < 4.78 is 15.9. The molecular formula is C19H21NO5. The van der Waals surface area contributed by atoms with Crippen LogP contribution in [0.4, 0.5) is 0 Å². The molecule has 0 radical (unpaired) electrons. The number of esters is 2. The lowest BCUT2D eigenvalue weighted by Gasteiger charge is -2.29. The summed E-state index contributed by atoms with van der Waals surface area (Å²) in [5, 5.41) is 0. The molecule has 0 N–H and O–H groups in total. The van der Waals surface area contributed by atoms with Crippen molar-refractivity contribution in [2.45, 2.75) is 19.8 Å². The molecule has 2 atom stereocenters. The molecule has 6 heteroatoms. The van der Waals surface area contributed by atoms with Crippen LogP contribution < -0.4 is 0 Å². The summed E-state index contributed by atoms with van der Waals surface area (Å²) >= 11 is 0. The van der Waals surface area contributed by atoms with Gasteiger partial charge in [-0.05, 0) is 26.0 Å². The number of hydrogen-bond donors (Lipinski definition) is 0. The molecule has 1 unspecified atom stereocenters. The first-order valence-electron chi connectivity index (χ1n) is 7.86. The first-order chi connectivity index (χ1) is 12.0. The first kappa shape index (κ1) is 18.4. The van der Waals surface area contributed by atoms with Crippen molar-refractivity contribution < 1.29 is 23.5 Å². The Morgan fingerprint density at radius 3 is 2.52 bits per heavy atom. The fourth-order valence-electron chi connectivity index (χ4n) is 2.83. The number of allylic oxidation sites excluding steroid dienone is 1. The molecule has 25 heavy (non-hydrogen) atoms. The largest absolute Gasteiger partial charge is 0.469 e. The molecule has 1 aromatic rings. The molecule has 132 valence electrons. The van der Waals surface area contributed by atoms with Gasteiger partial charge < -0.3 is 13.9 Å². The van der Waals surface area contributed by atoms with Gasteiger partial charge in [0, 0.05) is 11.4 Å². The van der Waals surface area contributed by atoms with Gasteiger partial charge in [0.15, 0.2) is 0 Å². The summed E-state index contributed by atoms with van der Waals surface area (Å²) in [4.78, 5) is 29.5. The van der Waals surface area contributed by atoms with Gasteiger partial charge in [-0.25, -0.2) is 4.79 Å². The number of furan rings is 1. The highest BCUT2D eigenvalue weighted by molar-refractivity contribution is 6.06. The molecule has 2 heterocycles. The topological polar surface area (TPSA) is 78.1 Å². The van der Waals surface area contributed by atoms with Crippen molar-refractivity contribution in [2.75, 3.05) is 13.2 Å². The summed E-state index contributed by atoms with van der Waals surface area (Å²) in [5.74, 6) is -2.02. The molecule has 1 aromatic heterocycles. The van der Waals surface area contributed by atoms with E-state index in [-0.39, 0.29) is 18.8 Å². The Kier molecular flexibility index (Phi) is 6.11. The lowest BCUT2D eigenvalue weighted by molar-refractivity contribution is -0.145. The van der Waals surface area contributed by atoms with E-state index in [1.54, 1.807) is 26.0 Å². The maximum Gasteiger partial charge on any atom is 0.336 e. The Labute approximate surface area is 146 Å². The van der Waals surface area contributed by atoms with Gasteiger partial charge in [0.2, 0.25) is 0 Å². The van der Waals surface area contributed by atoms with Crippen molar-refractivity contribution in [1.82, 2.24) is 0 Å². The number of carbonyl (C=O) groups excluding carboxylic acids is 2. The van der Waals surface area contributed by atoms with Crippen LogP contribution >= 0.6 is 0 Å². The normalized spacial score (nSPS) is 19.8. The van der Waals surface area contributed by atoms with E-state index in [0.29, 0.717) is 17.2 Å². The number of rotatable bonds is 7. The predicted molar refractivity (Wildman–Crippen MR) is 93.1 cm³/mol. The van der Waals surface area contributed by atoms with Crippen molar-refractivity contribution in [3.05, 3.63) is 60.7 Å². The van der Waals surface area contributed by atoms with Crippen LogP contribution in [0, 0.1) is 5.92 Å². The minimum absolute atomic E-state index is 0.0642. The SMILES string of the molecule is C=CCOC(=O)C1=C(C)N=C(C)C(C(=O)OCC=C)[C@@H]1c1ccco1. The Balaban J connectivity index is 2.48. The van der Waals surface area contributed by atoms with Crippen LogP contribution in [0.5, 0.6) is 0 Å². The van der Waals surface area contributed by atoms with E-state index >= 15 is 0 Å². The second-order valence-corrected chi connectivity index (χ2v) is 5.53. The number of aliphatic imine (C=N–C) groups is 1. The van der Waals surface area contributed by atoms with Gasteiger partial charge >= 0.3 is 11.9 Å². The molecule has 0 saturated heterocycles. The first-order valence-corrected chi connectivity index (χ1v) is 7.86. The number of nitrogens with zero attached hydrogens (tertiary/aromatic N) is 1. The van der Waals surface area contributed by atoms with Gasteiger partial charge in [0.05, 0.1) is 17.8 Å². The fourth-order valence-corrected chi connectivity index (χ4v) is 2.83. The maximum absolute atomic E-state index is 12.6. The molecule has 0 amide bonds. The lowest BCUT2D eigenvalue weighted by atomic mass is 9.78. The quantitative estimate of drug-likeness (QED) is 0.561. The third-order valence-electron chi connectivity index (χ3n) is 3.83. The average molecular weight is 343 g/mol. The van der Waals surface area contributed by atoms with E-state index < -0.39 is 23.8 Å². The van der Waals surface area contributed by atoms with Crippen LogP contribution in [0.2, 0.25) is 0 Å². The van der Waals surface area contributed by atoms with Crippen molar-refractivity contribution >= 4 is 17.7 Å². The zero-order valence-electron chi connectivity index (χ0n) is 14.4. The molecule has 0 saturated carbocycles. The highest BCUT2D eigenvalue weighted by Gasteiger charge is 2.43. The van der Waals surface area contributed by atoms with Gasteiger partial charge in [0.25, 0.3) is 0 Å². The fraction of sp³-hybridized carbons (Fsp3) is 0.316. The molecule has 1 aliphatic rings. The summed E-state index contributed by atoms with van der Waals surface area (Å²) in [6.07, 6.45) is 4.45. The van der Waals surface area contributed by atoms with Gasteiger partial charge in [-0.15, -0.1) is 0 Å². The van der Waals surface area contributed by atoms with E-state index in [2.05, 4.69) is 18.2 Å². The van der Waals surface area contributed by atoms with Crippen LogP contribution in [0.1, 0.15) is 25.5 Å². The monoisotopic (exact) mass is 343 g/mol. The molecule has 6 nitrogen and oxygen atoms in total. The Morgan fingerprint density at radius 1 is 1.24 bits per heavy atom. The Morgan fingerprint density at radius 2 is 1.92 bits per heavy atom. The van der Waals surface area contributed by atoms with Crippen LogP contribution in [0.15, 0.2) is 64.4 Å². The second kappa shape index (κ2) is 8.28. The zero-order valence-corrected chi connectivity index (χ0v) is 14.4. The molecule has 0 fully saturated rings. The smallest absolute Gasteiger partial charge is 0.336 e. The van der Waals surface area contributed by atoms with E-state index in [1.807, 2.05) is 0 Å². The summed E-state index contributed by atoms with van der Waals surface area (Å²) in [6, 6.07) is 3.41. The predicted octanol–water partition coefficient (Wildman–Crippen LogP) is 3.19. The van der Waals surface area contributed by atoms with Gasteiger partial charge in [-0.3, -0.25) is 9.79 Å². The third kappa shape index (κ3) is 3.96. The van der Waals surface area contributed by atoms with Crippen LogP contribution in [-0.4, -0.2) is 30.9 Å². The average Bonchev–Trinajstić information content (AvgIpc) is 3.11. The highest BCUT2D eigenvalue weighted by atomic mass is 16.5. The van der Waals surface area contributed by atoms with Gasteiger partial charge in [-0.2, -0.15) is 0 Å². The zero-order chi connectivity index (χ0) is 18.4. The lowest BCUT2D eigenvalue weighted by Crippen LogP contribution is -2.36. The van der Waals surface area contributed by atoms with E-state index in [0.717, 1.165) is 0 Å². The summed E-state index contributed by atoms with van der Waals surface area (Å²) in [5.41, 5.74) is 1.32. The Hall–Kier alpha value is -2.89. The summed E-state index contributed by atoms with van der Waals surface area (Å²) in [6.45, 7) is 10.6. The molecule has 0 bridgehead atoms. The minimum Gasteiger partial charge on any atom is -0.469 e. The number of ether oxygens (including phenoxy) is 2. The molecule has 1 aliphatic heterocycles. The van der Waals surface area contributed by atoms with Crippen LogP contribution in [0.25, 0.3) is 0 Å². The van der Waals surface area contributed by atoms with E-state index in [1.165, 1.54) is 18.4 Å². The number of carbonyl (C=O) groups is 2. The molecule has 0 aliphatic carbocycles. The molecular weight excluding hydrogens is 322 g/mol. The van der Waals surface area contributed by atoms with Crippen molar-refractivity contribution in [1.29, 1.82) is 0 Å². The van der Waals surface area contributed by atoms with Gasteiger partial charge in [0.1, 0.15) is 24.9 Å². The van der Waals surface area contributed by atoms with E-state index in [9.17, 15) is 9.59 Å². The molecule has 0 aromatic carbocycles. The number of hydrogen-bond acceptors (Lipinski definition) is 6. The van der Waals surface area contributed by atoms with Gasteiger partial charge in [-0.1, -0.05) is 25.3 Å². The minimum atomic E-state index is -0.777. The van der Waals surface area contributed by atoms with E-state index in [4.69, 9.17) is 13.9 Å². The van der Waals surface area contributed by atoms with Crippen molar-refractivity contribution in [3.8, 4) is 0 Å². The Bertz CT molecular complexity index is 727. The van der Waals surface area contributed by atoms with Crippen LogP contribution in [0.3, 0.4) is 0 Å².